The number of anilines is 1. The van der Waals surface area contributed by atoms with Crippen molar-refractivity contribution < 1.29 is 0 Å². The number of benzene rings is 1. The van der Waals surface area contributed by atoms with Crippen molar-refractivity contribution in [3.63, 3.8) is 0 Å². The van der Waals surface area contributed by atoms with Crippen molar-refractivity contribution in [1.82, 2.24) is 0 Å². The molecule has 3 heteroatoms. The predicted molar refractivity (Wildman–Crippen MR) is 73.3 cm³/mol. The van der Waals surface area contributed by atoms with Crippen LogP contribution in [0.1, 0.15) is 10.4 Å². The fourth-order valence-corrected chi connectivity index (χ4v) is 3.79. The molecule has 1 aromatic heterocycles. The monoisotopic (exact) mass is 293 g/mol. The fraction of sp³-hybridized carbons (Fsp3) is 0.231. The smallest absolute Gasteiger partial charge is 0.0375 e. The summed E-state index contributed by atoms with van der Waals surface area (Å²) in [5.74, 6) is 0. The van der Waals surface area contributed by atoms with Crippen LogP contribution in [0.15, 0.2) is 40.2 Å². The van der Waals surface area contributed by atoms with Gasteiger partial charge in [0.1, 0.15) is 0 Å². The van der Waals surface area contributed by atoms with Crippen molar-refractivity contribution in [1.29, 1.82) is 0 Å². The van der Waals surface area contributed by atoms with Gasteiger partial charge in [-0.3, -0.25) is 0 Å². The highest BCUT2D eigenvalue weighted by Gasteiger charge is 2.21. The second-order valence-corrected chi connectivity index (χ2v) is 5.95. The third-order valence-electron chi connectivity index (χ3n) is 2.97. The van der Waals surface area contributed by atoms with Gasteiger partial charge in [-0.1, -0.05) is 18.2 Å². The first-order valence-corrected chi connectivity index (χ1v) is 7.06. The third kappa shape index (κ3) is 1.89. The van der Waals surface area contributed by atoms with Crippen molar-refractivity contribution in [2.24, 2.45) is 0 Å². The van der Waals surface area contributed by atoms with E-state index in [0.717, 1.165) is 12.8 Å². The number of thiophene rings is 1. The van der Waals surface area contributed by atoms with Crippen molar-refractivity contribution >= 4 is 33.0 Å². The molecule has 1 atom stereocenters. The molecule has 3 rings (SSSR count). The zero-order chi connectivity index (χ0) is 11.0. The fourth-order valence-electron chi connectivity index (χ4n) is 2.19. The van der Waals surface area contributed by atoms with E-state index < -0.39 is 0 Å². The van der Waals surface area contributed by atoms with Gasteiger partial charge in [-0.15, -0.1) is 11.3 Å². The van der Waals surface area contributed by atoms with E-state index in [1.54, 1.807) is 0 Å². The van der Waals surface area contributed by atoms with Crippen LogP contribution in [-0.4, -0.2) is 6.04 Å². The summed E-state index contributed by atoms with van der Waals surface area (Å²) in [7, 11) is 0. The van der Waals surface area contributed by atoms with Gasteiger partial charge in [0, 0.05) is 27.5 Å². The van der Waals surface area contributed by atoms with Crippen LogP contribution < -0.4 is 5.32 Å². The van der Waals surface area contributed by atoms with E-state index in [4.69, 9.17) is 0 Å². The van der Waals surface area contributed by atoms with Crippen LogP contribution in [-0.2, 0) is 12.8 Å². The summed E-state index contributed by atoms with van der Waals surface area (Å²) in [4.78, 5) is 1.44. The first-order chi connectivity index (χ1) is 7.83. The Hall–Kier alpha value is -0.800. The van der Waals surface area contributed by atoms with Gasteiger partial charge >= 0.3 is 0 Å². The van der Waals surface area contributed by atoms with E-state index in [9.17, 15) is 0 Å². The Kier molecular flexibility index (Phi) is 2.74. The van der Waals surface area contributed by atoms with Crippen LogP contribution in [0.2, 0.25) is 0 Å². The molecule has 0 spiro atoms. The van der Waals surface area contributed by atoms with Crippen LogP contribution >= 0.6 is 27.3 Å². The first-order valence-electron chi connectivity index (χ1n) is 5.39. The average molecular weight is 294 g/mol. The molecule has 0 saturated heterocycles. The summed E-state index contributed by atoms with van der Waals surface area (Å²) in [6.07, 6.45) is 2.24. The highest BCUT2D eigenvalue weighted by atomic mass is 79.9. The zero-order valence-electron chi connectivity index (χ0n) is 8.74. The molecule has 0 bridgehead atoms. The molecule has 1 aromatic carbocycles. The Morgan fingerprint density at radius 2 is 2.19 bits per heavy atom. The number of para-hydroxylation sites is 1. The van der Waals surface area contributed by atoms with Crippen molar-refractivity contribution in [3.8, 4) is 0 Å². The molecule has 2 aromatic rings. The van der Waals surface area contributed by atoms with E-state index in [1.807, 2.05) is 11.3 Å². The Morgan fingerprint density at radius 1 is 1.31 bits per heavy atom. The van der Waals surface area contributed by atoms with Gasteiger partial charge < -0.3 is 5.32 Å². The lowest BCUT2D eigenvalue weighted by atomic mass is 10.1. The van der Waals surface area contributed by atoms with E-state index in [0.29, 0.717) is 6.04 Å². The molecule has 0 fully saturated rings. The minimum absolute atomic E-state index is 0.548. The molecular formula is C13H12BrNS. The SMILES string of the molecule is Brc1ccsc1CC1Cc2ccccc2N1. The van der Waals surface area contributed by atoms with Crippen molar-refractivity contribution in [2.75, 3.05) is 5.32 Å². The number of hydrogen-bond donors (Lipinski definition) is 1. The molecule has 82 valence electrons. The van der Waals surface area contributed by atoms with Crippen LogP contribution in [0.4, 0.5) is 5.69 Å². The molecule has 2 heterocycles. The van der Waals surface area contributed by atoms with Crippen LogP contribution in [0.5, 0.6) is 0 Å². The maximum absolute atomic E-state index is 3.59. The van der Waals surface area contributed by atoms with Gasteiger partial charge in [0.15, 0.2) is 0 Å². The maximum Gasteiger partial charge on any atom is 0.0375 e. The van der Waals surface area contributed by atoms with Crippen molar-refractivity contribution in [2.45, 2.75) is 18.9 Å². The molecule has 1 nitrogen and oxygen atoms in total. The molecule has 1 aliphatic rings. The second-order valence-electron chi connectivity index (χ2n) is 4.10. The third-order valence-corrected chi connectivity index (χ3v) is 4.91. The normalized spacial score (nSPS) is 18.2. The Bertz CT molecular complexity index is 481. The summed E-state index contributed by atoms with van der Waals surface area (Å²) in [6, 6.07) is 11.3. The van der Waals surface area contributed by atoms with Crippen molar-refractivity contribution in [3.05, 3.63) is 50.6 Å². The summed E-state index contributed by atoms with van der Waals surface area (Å²) < 4.78 is 1.25. The standard InChI is InChI=1S/C13H12BrNS/c14-11-5-6-16-13(11)8-10-7-9-3-1-2-4-12(9)15-10/h1-6,10,15H,7-8H2. The maximum atomic E-state index is 3.59. The van der Waals surface area contributed by atoms with Crippen LogP contribution in [0.25, 0.3) is 0 Å². The quantitative estimate of drug-likeness (QED) is 0.879. The minimum Gasteiger partial charge on any atom is -0.381 e. The largest absolute Gasteiger partial charge is 0.381 e. The summed E-state index contributed by atoms with van der Waals surface area (Å²) >= 11 is 5.42. The summed E-state index contributed by atoms with van der Waals surface area (Å²) in [6.45, 7) is 0. The lowest BCUT2D eigenvalue weighted by molar-refractivity contribution is 0.753. The van der Waals surface area contributed by atoms with Crippen LogP contribution in [0, 0.1) is 0 Å². The lowest BCUT2D eigenvalue weighted by Gasteiger charge is -2.09. The topological polar surface area (TPSA) is 12.0 Å². The number of halogens is 1. The molecule has 1 unspecified atom stereocenters. The van der Waals surface area contributed by atoms with E-state index in [2.05, 4.69) is 57.0 Å². The minimum atomic E-state index is 0.548. The molecule has 0 aliphatic carbocycles. The van der Waals surface area contributed by atoms with Crippen LogP contribution in [0.3, 0.4) is 0 Å². The molecule has 16 heavy (non-hydrogen) atoms. The van der Waals surface area contributed by atoms with E-state index in [-0.39, 0.29) is 0 Å². The van der Waals surface area contributed by atoms with Gasteiger partial charge in [-0.05, 0) is 45.4 Å². The average Bonchev–Trinajstić information content (AvgIpc) is 2.85. The van der Waals surface area contributed by atoms with Gasteiger partial charge in [0.25, 0.3) is 0 Å². The second kappa shape index (κ2) is 4.22. The molecular weight excluding hydrogens is 282 g/mol. The van der Waals surface area contributed by atoms with E-state index >= 15 is 0 Å². The molecule has 0 radical (unpaired) electrons. The van der Waals surface area contributed by atoms with Gasteiger partial charge in [0.2, 0.25) is 0 Å². The Labute approximate surface area is 108 Å². The first kappa shape index (κ1) is 10.4. The number of rotatable bonds is 2. The number of fused-ring (bicyclic) bond motifs is 1. The molecule has 0 amide bonds. The summed E-state index contributed by atoms with van der Waals surface area (Å²) in [5.41, 5.74) is 2.75. The Morgan fingerprint density at radius 3 is 2.94 bits per heavy atom. The summed E-state index contributed by atoms with van der Waals surface area (Å²) in [5, 5.41) is 5.73. The molecule has 1 aliphatic heterocycles. The number of hydrogen-bond acceptors (Lipinski definition) is 2. The van der Waals surface area contributed by atoms with Gasteiger partial charge in [-0.25, -0.2) is 0 Å². The van der Waals surface area contributed by atoms with E-state index in [1.165, 1.54) is 20.6 Å². The molecule has 0 saturated carbocycles. The number of nitrogens with one attached hydrogen (secondary N) is 1. The van der Waals surface area contributed by atoms with Gasteiger partial charge in [0.05, 0.1) is 0 Å². The molecule has 1 N–H and O–H groups in total. The highest BCUT2D eigenvalue weighted by molar-refractivity contribution is 9.10. The Balaban J connectivity index is 1.75. The zero-order valence-corrected chi connectivity index (χ0v) is 11.1. The highest BCUT2D eigenvalue weighted by Crippen LogP contribution is 2.30. The van der Waals surface area contributed by atoms with Gasteiger partial charge in [-0.2, -0.15) is 0 Å². The predicted octanol–water partition coefficient (Wildman–Crippen LogP) is 4.09. The lowest BCUT2D eigenvalue weighted by Crippen LogP contribution is -2.17.